The number of nitrogens with zero attached hydrogens (tertiary/aromatic N) is 1. The van der Waals surface area contributed by atoms with Gasteiger partial charge in [-0.15, -0.1) is 0 Å². The summed E-state index contributed by atoms with van der Waals surface area (Å²) in [5, 5.41) is 9.23. The van der Waals surface area contributed by atoms with Crippen molar-refractivity contribution < 1.29 is 9.84 Å². The molecule has 1 aliphatic carbocycles. The second-order valence-corrected chi connectivity index (χ2v) is 4.81. The van der Waals surface area contributed by atoms with Gasteiger partial charge in [0.05, 0.1) is 6.61 Å². The fourth-order valence-electron chi connectivity index (χ4n) is 2.53. The number of hydrogen-bond donors (Lipinski definition) is 1. The summed E-state index contributed by atoms with van der Waals surface area (Å²) in [5.41, 5.74) is 0.783. The van der Waals surface area contributed by atoms with Gasteiger partial charge < -0.3 is 9.84 Å². The summed E-state index contributed by atoms with van der Waals surface area (Å²) in [6.45, 7) is 2.24. The first-order valence-electron chi connectivity index (χ1n) is 6.55. The van der Waals surface area contributed by atoms with Gasteiger partial charge in [0.25, 0.3) is 0 Å². The zero-order valence-corrected chi connectivity index (χ0v) is 10.4. The van der Waals surface area contributed by atoms with Crippen molar-refractivity contribution in [3.05, 3.63) is 23.9 Å². The van der Waals surface area contributed by atoms with Crippen molar-refractivity contribution in [1.82, 2.24) is 4.98 Å². The minimum atomic E-state index is -0.00685. The highest BCUT2D eigenvalue weighted by molar-refractivity contribution is 5.24. The maximum atomic E-state index is 9.23. The van der Waals surface area contributed by atoms with Crippen LogP contribution in [0.15, 0.2) is 18.3 Å². The lowest BCUT2D eigenvalue weighted by atomic mass is 9.85. The lowest BCUT2D eigenvalue weighted by Gasteiger charge is -2.28. The van der Waals surface area contributed by atoms with Gasteiger partial charge in [-0.25, -0.2) is 4.98 Å². The van der Waals surface area contributed by atoms with Crippen molar-refractivity contribution in [1.29, 1.82) is 0 Å². The van der Waals surface area contributed by atoms with E-state index in [1.807, 2.05) is 12.1 Å². The van der Waals surface area contributed by atoms with Crippen molar-refractivity contribution in [2.45, 2.75) is 51.7 Å². The minimum absolute atomic E-state index is 0.00685. The molecule has 1 aromatic heterocycles. The number of aliphatic hydroxyl groups is 1. The smallest absolute Gasteiger partial charge is 0.219 e. The Morgan fingerprint density at radius 1 is 1.47 bits per heavy atom. The molecule has 1 N–H and O–H groups in total. The van der Waals surface area contributed by atoms with Crippen molar-refractivity contribution in [2.24, 2.45) is 5.92 Å². The van der Waals surface area contributed by atoms with E-state index in [1.165, 1.54) is 19.3 Å². The number of hydrogen-bond acceptors (Lipinski definition) is 3. The summed E-state index contributed by atoms with van der Waals surface area (Å²) in [6.07, 6.45) is 8.02. The van der Waals surface area contributed by atoms with E-state index in [9.17, 15) is 5.11 Å². The molecule has 0 saturated heterocycles. The van der Waals surface area contributed by atoms with Crippen LogP contribution in [0, 0.1) is 5.92 Å². The zero-order chi connectivity index (χ0) is 12.1. The van der Waals surface area contributed by atoms with Crippen molar-refractivity contribution in [3.63, 3.8) is 0 Å². The van der Waals surface area contributed by atoms with Gasteiger partial charge in [-0.2, -0.15) is 0 Å². The molecule has 0 aromatic carbocycles. The molecule has 3 nitrogen and oxygen atoms in total. The third kappa shape index (κ3) is 3.19. The van der Waals surface area contributed by atoms with Crippen LogP contribution in [0.5, 0.6) is 5.88 Å². The SMILES string of the molecule is CCC1CCCC(Oc2ncccc2CO)C1. The van der Waals surface area contributed by atoms with Gasteiger partial charge in [-0.1, -0.05) is 19.8 Å². The average Bonchev–Trinajstić information content (AvgIpc) is 2.39. The second kappa shape index (κ2) is 6.01. The van der Waals surface area contributed by atoms with Crippen molar-refractivity contribution in [3.8, 4) is 5.88 Å². The highest BCUT2D eigenvalue weighted by Gasteiger charge is 2.23. The number of aliphatic hydroxyl groups excluding tert-OH is 1. The summed E-state index contributed by atoms with van der Waals surface area (Å²) < 4.78 is 5.94. The quantitative estimate of drug-likeness (QED) is 0.872. The van der Waals surface area contributed by atoms with Gasteiger partial charge in [0.1, 0.15) is 6.10 Å². The predicted molar refractivity (Wildman–Crippen MR) is 66.8 cm³/mol. The molecule has 0 radical (unpaired) electrons. The second-order valence-electron chi connectivity index (χ2n) is 4.81. The predicted octanol–water partition coefficient (Wildman–Crippen LogP) is 2.92. The third-order valence-corrected chi connectivity index (χ3v) is 3.61. The summed E-state index contributed by atoms with van der Waals surface area (Å²) in [5.74, 6) is 1.40. The lowest BCUT2D eigenvalue weighted by Crippen LogP contribution is -2.25. The van der Waals surface area contributed by atoms with E-state index in [4.69, 9.17) is 4.74 Å². The summed E-state index contributed by atoms with van der Waals surface area (Å²) in [6, 6.07) is 3.69. The van der Waals surface area contributed by atoms with Crippen LogP contribution >= 0.6 is 0 Å². The van der Waals surface area contributed by atoms with Gasteiger partial charge in [-0.05, 0) is 37.3 Å². The molecule has 1 fully saturated rings. The lowest BCUT2D eigenvalue weighted by molar-refractivity contribution is 0.113. The van der Waals surface area contributed by atoms with Crippen LogP contribution in [0.1, 0.15) is 44.6 Å². The van der Waals surface area contributed by atoms with E-state index in [0.717, 1.165) is 24.3 Å². The molecule has 1 heterocycles. The first-order chi connectivity index (χ1) is 8.33. The van der Waals surface area contributed by atoms with Gasteiger partial charge >= 0.3 is 0 Å². The van der Waals surface area contributed by atoms with E-state index in [2.05, 4.69) is 11.9 Å². The normalized spacial score (nSPS) is 24.6. The van der Waals surface area contributed by atoms with Crippen LogP contribution in [-0.4, -0.2) is 16.2 Å². The topological polar surface area (TPSA) is 42.4 Å². The third-order valence-electron chi connectivity index (χ3n) is 3.61. The zero-order valence-electron chi connectivity index (χ0n) is 10.4. The highest BCUT2D eigenvalue weighted by Crippen LogP contribution is 2.29. The number of rotatable bonds is 4. The summed E-state index contributed by atoms with van der Waals surface area (Å²) in [4.78, 5) is 4.21. The van der Waals surface area contributed by atoms with E-state index >= 15 is 0 Å². The van der Waals surface area contributed by atoms with Crippen LogP contribution in [0.25, 0.3) is 0 Å². The molecule has 1 aromatic rings. The van der Waals surface area contributed by atoms with E-state index in [1.54, 1.807) is 6.20 Å². The van der Waals surface area contributed by atoms with Crippen LogP contribution < -0.4 is 4.74 Å². The Morgan fingerprint density at radius 3 is 3.12 bits per heavy atom. The van der Waals surface area contributed by atoms with Crippen molar-refractivity contribution in [2.75, 3.05) is 0 Å². The average molecular weight is 235 g/mol. The number of aromatic nitrogens is 1. The maximum Gasteiger partial charge on any atom is 0.219 e. The van der Waals surface area contributed by atoms with Gasteiger partial charge in [0.2, 0.25) is 5.88 Å². The molecular formula is C14H21NO2. The first kappa shape index (κ1) is 12.4. The Kier molecular flexibility index (Phi) is 4.37. The number of ether oxygens (including phenoxy) is 1. The van der Waals surface area contributed by atoms with Gasteiger partial charge in [0.15, 0.2) is 0 Å². The molecule has 17 heavy (non-hydrogen) atoms. The Labute approximate surface area is 103 Å². The molecule has 94 valence electrons. The molecular weight excluding hydrogens is 214 g/mol. The molecule has 0 bridgehead atoms. The van der Waals surface area contributed by atoms with E-state index in [-0.39, 0.29) is 12.7 Å². The monoisotopic (exact) mass is 235 g/mol. The fourth-order valence-corrected chi connectivity index (χ4v) is 2.53. The molecule has 2 atom stereocenters. The summed E-state index contributed by atoms with van der Waals surface area (Å²) in [7, 11) is 0. The van der Waals surface area contributed by atoms with Crippen LogP contribution in [0.4, 0.5) is 0 Å². The Hall–Kier alpha value is -1.09. The van der Waals surface area contributed by atoms with Crippen molar-refractivity contribution >= 4 is 0 Å². The molecule has 3 heteroatoms. The number of pyridine rings is 1. The van der Waals surface area contributed by atoms with E-state index in [0.29, 0.717) is 5.88 Å². The van der Waals surface area contributed by atoms with Gasteiger partial charge in [0, 0.05) is 11.8 Å². The molecule has 0 spiro atoms. The standard InChI is InChI=1S/C14H21NO2/c1-2-11-5-3-7-13(9-11)17-14-12(10-16)6-4-8-15-14/h4,6,8,11,13,16H,2-3,5,7,9-10H2,1H3. The Morgan fingerprint density at radius 2 is 2.35 bits per heavy atom. The molecule has 0 aliphatic heterocycles. The molecule has 1 aliphatic rings. The summed E-state index contributed by atoms with van der Waals surface area (Å²) >= 11 is 0. The van der Waals surface area contributed by atoms with E-state index < -0.39 is 0 Å². The maximum absolute atomic E-state index is 9.23. The Balaban J connectivity index is 2.00. The Bertz CT molecular complexity index is 354. The molecule has 0 amide bonds. The van der Waals surface area contributed by atoms with Crippen LogP contribution in [0.3, 0.4) is 0 Å². The molecule has 1 saturated carbocycles. The largest absolute Gasteiger partial charge is 0.474 e. The first-order valence-corrected chi connectivity index (χ1v) is 6.55. The van der Waals surface area contributed by atoms with Gasteiger partial charge in [-0.3, -0.25) is 0 Å². The van der Waals surface area contributed by atoms with Crippen LogP contribution in [-0.2, 0) is 6.61 Å². The van der Waals surface area contributed by atoms with Crippen LogP contribution in [0.2, 0.25) is 0 Å². The highest BCUT2D eigenvalue weighted by atomic mass is 16.5. The molecule has 2 unspecified atom stereocenters. The fraction of sp³-hybridized carbons (Fsp3) is 0.643. The minimum Gasteiger partial charge on any atom is -0.474 e. The molecule has 2 rings (SSSR count).